The molecule has 2 unspecified atom stereocenters. The minimum atomic E-state index is -0.132. The fourth-order valence-electron chi connectivity index (χ4n) is 2.18. The van der Waals surface area contributed by atoms with E-state index in [1.54, 1.807) is 0 Å². The van der Waals surface area contributed by atoms with Gasteiger partial charge in [-0.15, -0.1) is 0 Å². The SMILES string of the molecule is CCNC(=NCC1CCCC1O)NC1CC1. The Bertz CT molecular complexity index is 251. The zero-order valence-corrected chi connectivity index (χ0v) is 10.1. The fourth-order valence-corrected chi connectivity index (χ4v) is 2.18. The standard InChI is InChI=1S/C12H23N3O/c1-2-13-12(15-10-6-7-10)14-8-9-4-3-5-11(9)16/h9-11,16H,2-8H2,1H3,(H2,13,14,15). The lowest BCUT2D eigenvalue weighted by atomic mass is 10.1. The number of guanidine groups is 1. The maximum absolute atomic E-state index is 9.72. The third kappa shape index (κ3) is 3.37. The third-order valence-corrected chi connectivity index (χ3v) is 3.37. The van der Waals surface area contributed by atoms with Crippen molar-refractivity contribution in [2.45, 2.75) is 51.2 Å². The molecule has 3 N–H and O–H groups in total. The van der Waals surface area contributed by atoms with E-state index in [9.17, 15) is 5.11 Å². The van der Waals surface area contributed by atoms with E-state index in [-0.39, 0.29) is 6.10 Å². The first kappa shape index (κ1) is 11.7. The van der Waals surface area contributed by atoms with Crippen LogP contribution in [0, 0.1) is 5.92 Å². The van der Waals surface area contributed by atoms with E-state index in [2.05, 4.69) is 22.5 Å². The summed E-state index contributed by atoms with van der Waals surface area (Å²) in [5.74, 6) is 1.29. The maximum Gasteiger partial charge on any atom is 0.191 e. The molecular weight excluding hydrogens is 202 g/mol. The van der Waals surface area contributed by atoms with Gasteiger partial charge in [0.25, 0.3) is 0 Å². The number of aliphatic hydroxyl groups is 1. The quantitative estimate of drug-likeness (QED) is 0.491. The normalized spacial score (nSPS) is 30.5. The van der Waals surface area contributed by atoms with E-state index in [4.69, 9.17) is 0 Å². The molecule has 0 aromatic carbocycles. The summed E-state index contributed by atoms with van der Waals surface area (Å²) in [5, 5.41) is 16.4. The van der Waals surface area contributed by atoms with Crippen LogP contribution in [0.15, 0.2) is 4.99 Å². The van der Waals surface area contributed by atoms with Crippen LogP contribution in [-0.2, 0) is 0 Å². The van der Waals surface area contributed by atoms with Gasteiger partial charge in [0.1, 0.15) is 0 Å². The van der Waals surface area contributed by atoms with Gasteiger partial charge in [0, 0.05) is 25.0 Å². The van der Waals surface area contributed by atoms with Crippen molar-refractivity contribution in [1.82, 2.24) is 10.6 Å². The Morgan fingerprint density at radius 1 is 1.31 bits per heavy atom. The summed E-state index contributed by atoms with van der Waals surface area (Å²) in [4.78, 5) is 4.56. The summed E-state index contributed by atoms with van der Waals surface area (Å²) >= 11 is 0. The van der Waals surface area contributed by atoms with E-state index in [0.717, 1.165) is 38.3 Å². The molecular formula is C12H23N3O. The van der Waals surface area contributed by atoms with Crippen LogP contribution < -0.4 is 10.6 Å². The molecule has 4 heteroatoms. The predicted molar refractivity (Wildman–Crippen MR) is 65.5 cm³/mol. The van der Waals surface area contributed by atoms with Crippen molar-refractivity contribution in [3.05, 3.63) is 0 Å². The van der Waals surface area contributed by atoms with Crippen molar-refractivity contribution >= 4 is 5.96 Å². The van der Waals surface area contributed by atoms with Crippen LogP contribution in [0.1, 0.15) is 39.0 Å². The van der Waals surface area contributed by atoms with Crippen LogP contribution in [0.3, 0.4) is 0 Å². The van der Waals surface area contributed by atoms with E-state index >= 15 is 0 Å². The van der Waals surface area contributed by atoms with Crippen molar-refractivity contribution < 1.29 is 5.11 Å². The highest BCUT2D eigenvalue weighted by Crippen LogP contribution is 2.25. The van der Waals surface area contributed by atoms with Crippen LogP contribution in [0.25, 0.3) is 0 Å². The Hall–Kier alpha value is -0.770. The lowest BCUT2D eigenvalue weighted by molar-refractivity contribution is 0.136. The Balaban J connectivity index is 1.80. The summed E-state index contributed by atoms with van der Waals surface area (Å²) in [6, 6.07) is 0.631. The first-order chi connectivity index (χ1) is 7.79. The van der Waals surface area contributed by atoms with Crippen LogP contribution in [-0.4, -0.2) is 36.3 Å². The lowest BCUT2D eigenvalue weighted by Crippen LogP contribution is -2.39. The second-order valence-electron chi connectivity index (χ2n) is 4.90. The molecule has 2 aliphatic rings. The minimum Gasteiger partial charge on any atom is -0.393 e. The first-order valence-corrected chi connectivity index (χ1v) is 6.52. The molecule has 2 fully saturated rings. The smallest absolute Gasteiger partial charge is 0.191 e. The van der Waals surface area contributed by atoms with Gasteiger partial charge in [-0.05, 0) is 32.6 Å². The number of rotatable bonds is 4. The van der Waals surface area contributed by atoms with Gasteiger partial charge < -0.3 is 15.7 Å². The molecule has 2 aliphatic carbocycles. The van der Waals surface area contributed by atoms with Gasteiger partial charge in [-0.2, -0.15) is 0 Å². The van der Waals surface area contributed by atoms with Crippen LogP contribution in [0.5, 0.6) is 0 Å². The van der Waals surface area contributed by atoms with E-state index < -0.39 is 0 Å². The molecule has 16 heavy (non-hydrogen) atoms. The molecule has 2 rings (SSSR count). The van der Waals surface area contributed by atoms with Gasteiger partial charge in [-0.3, -0.25) is 4.99 Å². The highest BCUT2D eigenvalue weighted by Gasteiger charge is 2.25. The van der Waals surface area contributed by atoms with Gasteiger partial charge >= 0.3 is 0 Å². The summed E-state index contributed by atoms with van der Waals surface area (Å²) < 4.78 is 0. The Kier molecular flexibility index (Phi) is 4.04. The molecule has 0 aliphatic heterocycles. The third-order valence-electron chi connectivity index (χ3n) is 3.37. The van der Waals surface area contributed by atoms with Crippen LogP contribution >= 0.6 is 0 Å². The molecule has 0 amide bonds. The number of nitrogens with zero attached hydrogens (tertiary/aromatic N) is 1. The molecule has 2 atom stereocenters. The van der Waals surface area contributed by atoms with E-state index in [1.165, 1.54) is 12.8 Å². The minimum absolute atomic E-state index is 0.132. The average molecular weight is 225 g/mol. The zero-order chi connectivity index (χ0) is 11.4. The second-order valence-corrected chi connectivity index (χ2v) is 4.90. The molecule has 0 heterocycles. The predicted octanol–water partition coefficient (Wildman–Crippen LogP) is 0.865. The van der Waals surface area contributed by atoms with Gasteiger partial charge in [-0.25, -0.2) is 0 Å². The van der Waals surface area contributed by atoms with E-state index in [0.29, 0.717) is 12.0 Å². The lowest BCUT2D eigenvalue weighted by Gasteiger charge is -2.14. The largest absolute Gasteiger partial charge is 0.393 e. The summed E-state index contributed by atoms with van der Waals surface area (Å²) in [7, 11) is 0. The van der Waals surface area contributed by atoms with Crippen molar-refractivity contribution in [2.75, 3.05) is 13.1 Å². The molecule has 0 aromatic heterocycles. The van der Waals surface area contributed by atoms with Gasteiger partial charge in [0.2, 0.25) is 0 Å². The molecule has 0 spiro atoms. The molecule has 0 bridgehead atoms. The summed E-state index contributed by atoms with van der Waals surface area (Å²) in [6.45, 7) is 3.73. The Morgan fingerprint density at radius 2 is 2.12 bits per heavy atom. The molecule has 0 radical (unpaired) electrons. The molecule has 92 valence electrons. The van der Waals surface area contributed by atoms with Crippen LogP contribution in [0.4, 0.5) is 0 Å². The first-order valence-electron chi connectivity index (χ1n) is 6.52. The van der Waals surface area contributed by atoms with E-state index in [1.807, 2.05) is 0 Å². The Morgan fingerprint density at radius 3 is 2.69 bits per heavy atom. The number of aliphatic imine (C=N–C) groups is 1. The van der Waals surface area contributed by atoms with Crippen molar-refractivity contribution in [2.24, 2.45) is 10.9 Å². The fraction of sp³-hybridized carbons (Fsp3) is 0.917. The Labute approximate surface area is 97.5 Å². The monoisotopic (exact) mass is 225 g/mol. The molecule has 0 saturated heterocycles. The average Bonchev–Trinajstić information content (AvgIpc) is 2.98. The number of aliphatic hydroxyl groups excluding tert-OH is 1. The van der Waals surface area contributed by atoms with Crippen molar-refractivity contribution in [3.63, 3.8) is 0 Å². The molecule has 0 aromatic rings. The molecule has 2 saturated carbocycles. The van der Waals surface area contributed by atoms with Crippen molar-refractivity contribution in [3.8, 4) is 0 Å². The topological polar surface area (TPSA) is 56.7 Å². The maximum atomic E-state index is 9.72. The van der Waals surface area contributed by atoms with Crippen LogP contribution in [0.2, 0.25) is 0 Å². The highest BCUT2D eigenvalue weighted by molar-refractivity contribution is 5.80. The second kappa shape index (κ2) is 5.53. The van der Waals surface area contributed by atoms with Gasteiger partial charge in [0.05, 0.1) is 6.10 Å². The number of hydrogen-bond acceptors (Lipinski definition) is 2. The number of hydrogen-bond donors (Lipinski definition) is 3. The summed E-state index contributed by atoms with van der Waals surface area (Å²) in [6.07, 6.45) is 5.61. The zero-order valence-electron chi connectivity index (χ0n) is 10.1. The van der Waals surface area contributed by atoms with Gasteiger partial charge in [-0.1, -0.05) is 6.42 Å². The number of nitrogens with one attached hydrogen (secondary N) is 2. The van der Waals surface area contributed by atoms with Gasteiger partial charge in [0.15, 0.2) is 5.96 Å². The van der Waals surface area contributed by atoms with Crippen molar-refractivity contribution in [1.29, 1.82) is 0 Å². The highest BCUT2D eigenvalue weighted by atomic mass is 16.3. The summed E-state index contributed by atoms with van der Waals surface area (Å²) in [5.41, 5.74) is 0. The molecule has 4 nitrogen and oxygen atoms in total.